The first-order valence-electron chi connectivity index (χ1n) is 6.37. The quantitative estimate of drug-likeness (QED) is 0.840. The molecule has 3 heteroatoms. The molecule has 100 valence electrons. The van der Waals surface area contributed by atoms with Gasteiger partial charge in [0.15, 0.2) is 0 Å². The molecule has 0 amide bonds. The maximum atomic E-state index is 6.28. The van der Waals surface area contributed by atoms with Gasteiger partial charge in [0, 0.05) is 4.90 Å². The third-order valence-corrected chi connectivity index (χ3v) is 3.77. The fourth-order valence-corrected chi connectivity index (χ4v) is 2.35. The van der Waals surface area contributed by atoms with Gasteiger partial charge in [-0.05, 0) is 48.6 Å². The average molecular weight is 273 g/mol. The Labute approximate surface area is 119 Å². The fraction of sp³-hybridized carbons (Fsp3) is 0.250. The number of ether oxygens (including phenoxy) is 1. The van der Waals surface area contributed by atoms with E-state index in [4.69, 9.17) is 10.5 Å². The molecule has 0 fully saturated rings. The van der Waals surface area contributed by atoms with E-state index in [1.54, 1.807) is 11.8 Å². The Morgan fingerprint density at radius 3 is 2.00 bits per heavy atom. The second-order valence-electron chi connectivity index (χ2n) is 4.25. The lowest BCUT2D eigenvalue weighted by Gasteiger charge is -2.13. The Balaban J connectivity index is 2.15. The Kier molecular flexibility index (Phi) is 4.88. The number of hydrogen-bond donors (Lipinski definition) is 1. The molecular formula is C16H19NOS. The molecule has 0 aliphatic heterocycles. The maximum Gasteiger partial charge on any atom is 0.119 e. The van der Waals surface area contributed by atoms with Crippen molar-refractivity contribution in [3.05, 3.63) is 59.7 Å². The van der Waals surface area contributed by atoms with Crippen molar-refractivity contribution in [2.45, 2.75) is 17.9 Å². The van der Waals surface area contributed by atoms with Gasteiger partial charge in [0.05, 0.1) is 12.6 Å². The summed E-state index contributed by atoms with van der Waals surface area (Å²) in [4.78, 5) is 1.25. The van der Waals surface area contributed by atoms with Gasteiger partial charge in [-0.15, -0.1) is 11.8 Å². The van der Waals surface area contributed by atoms with Crippen molar-refractivity contribution >= 4 is 11.8 Å². The molecule has 1 unspecified atom stereocenters. The molecule has 2 nitrogen and oxygen atoms in total. The van der Waals surface area contributed by atoms with Crippen LogP contribution in [-0.2, 0) is 0 Å². The molecule has 0 aliphatic rings. The van der Waals surface area contributed by atoms with E-state index in [1.165, 1.54) is 4.90 Å². The van der Waals surface area contributed by atoms with Crippen molar-refractivity contribution in [1.82, 2.24) is 0 Å². The molecule has 1 atom stereocenters. The lowest BCUT2D eigenvalue weighted by atomic mass is 10.00. The highest BCUT2D eigenvalue weighted by Gasteiger charge is 2.08. The zero-order valence-corrected chi connectivity index (χ0v) is 12.1. The van der Waals surface area contributed by atoms with Gasteiger partial charge < -0.3 is 10.5 Å². The molecule has 0 saturated heterocycles. The standard InChI is InChI=1S/C16H19NOS/c1-3-18-14-8-4-12(5-9-14)16(17)13-6-10-15(19-2)11-7-13/h4-11,16H,3,17H2,1-2H3. The van der Waals surface area contributed by atoms with Crippen molar-refractivity contribution in [2.75, 3.05) is 12.9 Å². The van der Waals surface area contributed by atoms with E-state index in [0.717, 1.165) is 16.9 Å². The minimum absolute atomic E-state index is 0.0911. The smallest absolute Gasteiger partial charge is 0.119 e. The summed E-state index contributed by atoms with van der Waals surface area (Å²) in [6, 6.07) is 16.3. The molecule has 2 aromatic carbocycles. The zero-order chi connectivity index (χ0) is 13.7. The van der Waals surface area contributed by atoms with Crippen molar-refractivity contribution in [3.8, 4) is 5.75 Å². The van der Waals surface area contributed by atoms with Crippen LogP contribution < -0.4 is 10.5 Å². The van der Waals surface area contributed by atoms with E-state index in [1.807, 2.05) is 31.2 Å². The monoisotopic (exact) mass is 273 g/mol. The topological polar surface area (TPSA) is 35.2 Å². The van der Waals surface area contributed by atoms with Crippen LogP contribution in [0.25, 0.3) is 0 Å². The van der Waals surface area contributed by atoms with Gasteiger partial charge >= 0.3 is 0 Å². The predicted molar refractivity (Wildman–Crippen MR) is 81.9 cm³/mol. The Morgan fingerprint density at radius 2 is 1.53 bits per heavy atom. The summed E-state index contributed by atoms with van der Waals surface area (Å²) in [6.07, 6.45) is 2.07. The Hall–Kier alpha value is -1.45. The van der Waals surface area contributed by atoms with Crippen LogP contribution >= 0.6 is 11.8 Å². The molecular weight excluding hydrogens is 254 g/mol. The van der Waals surface area contributed by atoms with E-state index in [-0.39, 0.29) is 6.04 Å². The molecule has 0 aliphatic carbocycles. The first-order chi connectivity index (χ1) is 9.24. The lowest BCUT2D eigenvalue weighted by molar-refractivity contribution is 0.340. The van der Waals surface area contributed by atoms with E-state index in [2.05, 4.69) is 30.5 Å². The molecule has 2 aromatic rings. The second-order valence-corrected chi connectivity index (χ2v) is 5.13. The summed E-state index contributed by atoms with van der Waals surface area (Å²) in [6.45, 7) is 2.66. The summed E-state index contributed by atoms with van der Waals surface area (Å²) in [7, 11) is 0. The minimum Gasteiger partial charge on any atom is -0.494 e. The van der Waals surface area contributed by atoms with Crippen molar-refractivity contribution in [1.29, 1.82) is 0 Å². The number of rotatable bonds is 5. The average Bonchev–Trinajstić information content (AvgIpc) is 2.48. The first kappa shape index (κ1) is 14.0. The van der Waals surface area contributed by atoms with Crippen LogP contribution in [0.3, 0.4) is 0 Å². The fourth-order valence-electron chi connectivity index (χ4n) is 1.94. The number of nitrogens with two attached hydrogens (primary N) is 1. The van der Waals surface area contributed by atoms with E-state index < -0.39 is 0 Å². The highest BCUT2D eigenvalue weighted by atomic mass is 32.2. The number of benzene rings is 2. The van der Waals surface area contributed by atoms with Crippen LogP contribution in [-0.4, -0.2) is 12.9 Å². The van der Waals surface area contributed by atoms with Gasteiger partial charge in [-0.1, -0.05) is 24.3 Å². The molecule has 0 heterocycles. The lowest BCUT2D eigenvalue weighted by Crippen LogP contribution is -2.11. The molecule has 0 saturated carbocycles. The van der Waals surface area contributed by atoms with Crippen molar-refractivity contribution < 1.29 is 4.74 Å². The second kappa shape index (κ2) is 6.64. The molecule has 0 spiro atoms. The Bertz CT molecular complexity index is 507. The Morgan fingerprint density at radius 1 is 1.00 bits per heavy atom. The van der Waals surface area contributed by atoms with Gasteiger partial charge in [0.25, 0.3) is 0 Å². The van der Waals surface area contributed by atoms with Gasteiger partial charge in [-0.2, -0.15) is 0 Å². The number of thioether (sulfide) groups is 1. The number of hydrogen-bond acceptors (Lipinski definition) is 3. The van der Waals surface area contributed by atoms with Crippen molar-refractivity contribution in [3.63, 3.8) is 0 Å². The van der Waals surface area contributed by atoms with E-state index in [0.29, 0.717) is 6.61 Å². The van der Waals surface area contributed by atoms with Gasteiger partial charge in [0.2, 0.25) is 0 Å². The molecule has 2 rings (SSSR count). The van der Waals surface area contributed by atoms with E-state index >= 15 is 0 Å². The molecule has 0 radical (unpaired) electrons. The third kappa shape index (κ3) is 3.52. The summed E-state index contributed by atoms with van der Waals surface area (Å²) >= 11 is 1.74. The first-order valence-corrected chi connectivity index (χ1v) is 7.59. The van der Waals surface area contributed by atoms with Crippen LogP contribution in [0.1, 0.15) is 24.1 Å². The maximum absolute atomic E-state index is 6.28. The zero-order valence-electron chi connectivity index (χ0n) is 11.3. The molecule has 0 bridgehead atoms. The highest BCUT2D eigenvalue weighted by molar-refractivity contribution is 7.98. The van der Waals surface area contributed by atoms with Crippen LogP contribution in [0.5, 0.6) is 5.75 Å². The van der Waals surface area contributed by atoms with Gasteiger partial charge in [-0.3, -0.25) is 0 Å². The summed E-state index contributed by atoms with van der Waals surface area (Å²) < 4.78 is 5.43. The molecule has 2 N–H and O–H groups in total. The van der Waals surface area contributed by atoms with Gasteiger partial charge in [0.1, 0.15) is 5.75 Å². The van der Waals surface area contributed by atoms with Crippen LogP contribution in [0, 0.1) is 0 Å². The minimum atomic E-state index is -0.0911. The normalized spacial score (nSPS) is 12.2. The van der Waals surface area contributed by atoms with Crippen molar-refractivity contribution in [2.24, 2.45) is 5.73 Å². The van der Waals surface area contributed by atoms with Crippen LogP contribution in [0.15, 0.2) is 53.4 Å². The summed E-state index contributed by atoms with van der Waals surface area (Å²) in [5.41, 5.74) is 8.51. The van der Waals surface area contributed by atoms with Crippen LogP contribution in [0.2, 0.25) is 0 Å². The third-order valence-electron chi connectivity index (χ3n) is 3.03. The molecule has 0 aromatic heterocycles. The predicted octanol–water partition coefficient (Wildman–Crippen LogP) is 3.86. The highest BCUT2D eigenvalue weighted by Crippen LogP contribution is 2.24. The summed E-state index contributed by atoms with van der Waals surface area (Å²) in [5, 5.41) is 0. The molecule has 19 heavy (non-hydrogen) atoms. The van der Waals surface area contributed by atoms with E-state index in [9.17, 15) is 0 Å². The van der Waals surface area contributed by atoms with Crippen LogP contribution in [0.4, 0.5) is 0 Å². The van der Waals surface area contributed by atoms with Gasteiger partial charge in [-0.25, -0.2) is 0 Å². The largest absolute Gasteiger partial charge is 0.494 e. The SMILES string of the molecule is CCOc1ccc(C(N)c2ccc(SC)cc2)cc1. The summed E-state index contributed by atoms with van der Waals surface area (Å²) in [5.74, 6) is 0.885.